The lowest BCUT2D eigenvalue weighted by molar-refractivity contribution is 0.411. The van der Waals surface area contributed by atoms with E-state index in [1.54, 1.807) is 13.3 Å². The highest BCUT2D eigenvalue weighted by Gasteiger charge is 2.08. The highest BCUT2D eigenvalue weighted by Crippen LogP contribution is 2.17. The molecule has 0 aliphatic rings. The van der Waals surface area contributed by atoms with Gasteiger partial charge < -0.3 is 4.74 Å². The Bertz CT molecular complexity index is 448. The summed E-state index contributed by atoms with van der Waals surface area (Å²) in [5.41, 5.74) is 1.94. The second-order valence-corrected chi connectivity index (χ2v) is 3.50. The largest absolute Gasteiger partial charge is 0.495 e. The molecular weight excluding hydrogens is 178 g/mol. The summed E-state index contributed by atoms with van der Waals surface area (Å²) in [7, 11) is 1.62. The smallest absolute Gasteiger partial charge is 0.157 e. The lowest BCUT2D eigenvalue weighted by Gasteiger charge is -2.04. The minimum Gasteiger partial charge on any atom is -0.495 e. The maximum atomic E-state index is 5.08. The molecule has 0 saturated carbocycles. The molecule has 0 spiro atoms. The van der Waals surface area contributed by atoms with Gasteiger partial charge in [0, 0.05) is 6.07 Å². The Labute approximate surface area is 82.5 Å². The molecule has 0 N–H and O–H groups in total. The van der Waals surface area contributed by atoms with E-state index in [2.05, 4.69) is 23.9 Å². The van der Waals surface area contributed by atoms with Crippen molar-refractivity contribution in [2.75, 3.05) is 7.11 Å². The van der Waals surface area contributed by atoms with E-state index in [0.29, 0.717) is 5.92 Å². The van der Waals surface area contributed by atoms with Gasteiger partial charge in [0.2, 0.25) is 0 Å². The van der Waals surface area contributed by atoms with Crippen LogP contribution in [0.3, 0.4) is 0 Å². The van der Waals surface area contributed by atoms with Gasteiger partial charge in [-0.15, -0.1) is 0 Å². The third kappa shape index (κ3) is 1.32. The number of hydrogen-bond acceptors (Lipinski definition) is 3. The van der Waals surface area contributed by atoms with Crippen LogP contribution >= 0.6 is 0 Å². The highest BCUT2D eigenvalue weighted by atomic mass is 16.5. The van der Waals surface area contributed by atoms with Gasteiger partial charge in [0.1, 0.15) is 5.75 Å². The van der Waals surface area contributed by atoms with Crippen molar-refractivity contribution in [1.82, 2.24) is 14.6 Å². The Kier molecular flexibility index (Phi) is 2.11. The van der Waals surface area contributed by atoms with Gasteiger partial charge in [-0.25, -0.2) is 9.50 Å². The fourth-order valence-corrected chi connectivity index (χ4v) is 1.38. The van der Waals surface area contributed by atoms with Crippen LogP contribution < -0.4 is 4.74 Å². The predicted octanol–water partition coefficient (Wildman–Crippen LogP) is 1.86. The molecule has 0 amide bonds. The molecule has 0 unspecified atom stereocenters. The van der Waals surface area contributed by atoms with Crippen LogP contribution in [-0.4, -0.2) is 21.7 Å². The van der Waals surface area contributed by atoms with Crippen molar-refractivity contribution in [2.24, 2.45) is 0 Å². The molecule has 0 aliphatic carbocycles. The van der Waals surface area contributed by atoms with Gasteiger partial charge in [-0.05, 0) is 5.92 Å². The van der Waals surface area contributed by atoms with Gasteiger partial charge in [0.25, 0.3) is 0 Å². The first-order valence-electron chi connectivity index (χ1n) is 4.60. The van der Waals surface area contributed by atoms with Crippen molar-refractivity contribution < 1.29 is 4.74 Å². The fourth-order valence-electron chi connectivity index (χ4n) is 1.38. The van der Waals surface area contributed by atoms with Crippen molar-refractivity contribution >= 4 is 5.65 Å². The number of imidazole rings is 1. The summed E-state index contributed by atoms with van der Waals surface area (Å²) in [6.45, 7) is 4.24. The van der Waals surface area contributed by atoms with Crippen molar-refractivity contribution in [3.63, 3.8) is 0 Å². The molecule has 2 rings (SSSR count). The highest BCUT2D eigenvalue weighted by molar-refractivity contribution is 5.43. The SMILES string of the molecule is COc1cnn2c(C(C)C)cnc2c1. The van der Waals surface area contributed by atoms with Crippen LogP contribution in [0, 0.1) is 0 Å². The van der Waals surface area contributed by atoms with E-state index in [9.17, 15) is 0 Å². The van der Waals surface area contributed by atoms with Gasteiger partial charge in [0.15, 0.2) is 5.65 Å². The molecule has 0 aromatic carbocycles. The van der Waals surface area contributed by atoms with Crippen LogP contribution in [0.4, 0.5) is 0 Å². The second kappa shape index (κ2) is 3.29. The molecule has 0 bridgehead atoms. The van der Waals surface area contributed by atoms with Gasteiger partial charge in [-0.2, -0.15) is 5.10 Å². The van der Waals surface area contributed by atoms with Crippen molar-refractivity contribution in [3.05, 3.63) is 24.2 Å². The Hall–Kier alpha value is -1.58. The average Bonchev–Trinajstić information content (AvgIpc) is 2.59. The van der Waals surface area contributed by atoms with Crippen LogP contribution in [0.5, 0.6) is 5.75 Å². The maximum absolute atomic E-state index is 5.08. The molecule has 14 heavy (non-hydrogen) atoms. The molecule has 0 atom stereocenters. The second-order valence-electron chi connectivity index (χ2n) is 3.50. The molecule has 74 valence electrons. The molecule has 4 nitrogen and oxygen atoms in total. The zero-order valence-corrected chi connectivity index (χ0v) is 8.56. The van der Waals surface area contributed by atoms with Crippen LogP contribution in [-0.2, 0) is 0 Å². The maximum Gasteiger partial charge on any atom is 0.157 e. The first-order valence-corrected chi connectivity index (χ1v) is 4.60. The van der Waals surface area contributed by atoms with Gasteiger partial charge in [-0.3, -0.25) is 0 Å². The normalized spacial score (nSPS) is 11.1. The number of hydrogen-bond donors (Lipinski definition) is 0. The summed E-state index contributed by atoms with van der Waals surface area (Å²) >= 11 is 0. The quantitative estimate of drug-likeness (QED) is 0.727. The third-order valence-corrected chi connectivity index (χ3v) is 2.19. The topological polar surface area (TPSA) is 39.4 Å². The molecule has 2 aromatic rings. The number of rotatable bonds is 2. The lowest BCUT2D eigenvalue weighted by atomic mass is 10.2. The zero-order valence-electron chi connectivity index (χ0n) is 8.56. The summed E-state index contributed by atoms with van der Waals surface area (Å²) in [4.78, 5) is 4.27. The Morgan fingerprint density at radius 3 is 2.79 bits per heavy atom. The molecule has 0 radical (unpaired) electrons. The van der Waals surface area contributed by atoms with Gasteiger partial charge in [-0.1, -0.05) is 13.8 Å². The van der Waals surface area contributed by atoms with Crippen molar-refractivity contribution in [3.8, 4) is 5.75 Å². The molecule has 2 aromatic heterocycles. The zero-order chi connectivity index (χ0) is 10.1. The minimum atomic E-state index is 0.422. The fraction of sp³-hybridized carbons (Fsp3) is 0.400. The van der Waals surface area contributed by atoms with E-state index in [1.807, 2.05) is 16.8 Å². The van der Waals surface area contributed by atoms with Crippen LogP contribution in [0.15, 0.2) is 18.5 Å². The summed E-state index contributed by atoms with van der Waals surface area (Å²) in [5.74, 6) is 1.16. The minimum absolute atomic E-state index is 0.422. The molecule has 4 heteroatoms. The van der Waals surface area contributed by atoms with Crippen molar-refractivity contribution in [2.45, 2.75) is 19.8 Å². The first kappa shape index (κ1) is 8.99. The molecule has 0 fully saturated rings. The number of aromatic nitrogens is 3. The molecule has 0 aliphatic heterocycles. The average molecular weight is 191 g/mol. The standard InChI is InChI=1S/C10H13N3O/c1-7(2)9-6-11-10-4-8(14-3)5-12-13(9)10/h4-7H,1-3H3. The van der Waals surface area contributed by atoms with Crippen LogP contribution in [0.2, 0.25) is 0 Å². The van der Waals surface area contributed by atoms with Crippen LogP contribution in [0.25, 0.3) is 5.65 Å². The van der Waals surface area contributed by atoms with E-state index in [-0.39, 0.29) is 0 Å². The Morgan fingerprint density at radius 1 is 1.36 bits per heavy atom. The Morgan fingerprint density at radius 2 is 2.14 bits per heavy atom. The van der Waals surface area contributed by atoms with E-state index < -0.39 is 0 Å². The number of ether oxygens (including phenoxy) is 1. The lowest BCUT2D eigenvalue weighted by Crippen LogP contribution is -1.99. The van der Waals surface area contributed by atoms with E-state index >= 15 is 0 Å². The van der Waals surface area contributed by atoms with Crippen LogP contribution in [0.1, 0.15) is 25.5 Å². The molecule has 0 saturated heterocycles. The number of nitrogens with zero attached hydrogens (tertiary/aromatic N) is 3. The van der Waals surface area contributed by atoms with E-state index in [1.165, 1.54) is 0 Å². The molecule has 2 heterocycles. The number of fused-ring (bicyclic) bond motifs is 1. The van der Waals surface area contributed by atoms with Gasteiger partial charge in [0.05, 0.1) is 25.2 Å². The first-order chi connectivity index (χ1) is 6.72. The van der Waals surface area contributed by atoms with Gasteiger partial charge >= 0.3 is 0 Å². The van der Waals surface area contributed by atoms with Crippen molar-refractivity contribution in [1.29, 1.82) is 0 Å². The summed E-state index contributed by atoms with van der Waals surface area (Å²) < 4.78 is 6.92. The van der Waals surface area contributed by atoms with E-state index in [0.717, 1.165) is 17.1 Å². The third-order valence-electron chi connectivity index (χ3n) is 2.19. The van der Waals surface area contributed by atoms with E-state index in [4.69, 9.17) is 4.74 Å². The Balaban J connectivity index is 2.59. The summed E-state index contributed by atoms with van der Waals surface area (Å²) in [6, 6.07) is 1.87. The number of methoxy groups -OCH3 is 1. The summed E-state index contributed by atoms with van der Waals surface area (Å²) in [6.07, 6.45) is 3.55. The molecular formula is C10H13N3O. The predicted molar refractivity (Wildman–Crippen MR) is 53.6 cm³/mol. The monoisotopic (exact) mass is 191 g/mol. The summed E-state index contributed by atoms with van der Waals surface area (Å²) in [5, 5.41) is 4.26.